The Bertz CT molecular complexity index is 872. The number of halogens is 3. The van der Waals surface area contributed by atoms with Crippen molar-refractivity contribution in [3.05, 3.63) is 65.5 Å². The van der Waals surface area contributed by atoms with Gasteiger partial charge in [0, 0.05) is 12.1 Å². The first-order valence-corrected chi connectivity index (χ1v) is 8.60. The number of hydrogen-bond donors (Lipinski definition) is 2. The first kappa shape index (κ1) is 18.9. The van der Waals surface area contributed by atoms with E-state index >= 15 is 0 Å². The predicted octanol–water partition coefficient (Wildman–Crippen LogP) is 2.47. The van der Waals surface area contributed by atoms with Gasteiger partial charge in [-0.1, -0.05) is 18.2 Å². The molecule has 134 valence electrons. The third kappa shape index (κ3) is 5.04. The number of nitrogens with one attached hydrogen (secondary N) is 1. The Morgan fingerprint density at radius 1 is 1.04 bits per heavy atom. The number of rotatable bonds is 7. The SMILES string of the molecule is O=C(O)C[C@@H](Cc1cc(F)c(F)cc1F)NS(=O)(=O)c1ccccc1. The van der Waals surface area contributed by atoms with Crippen molar-refractivity contribution in [1.29, 1.82) is 0 Å². The van der Waals surface area contributed by atoms with Crippen molar-refractivity contribution < 1.29 is 31.5 Å². The molecule has 0 fully saturated rings. The molecule has 2 aromatic carbocycles. The molecule has 0 heterocycles. The number of carboxylic acid groups (broad SMARTS) is 1. The van der Waals surface area contributed by atoms with Crippen LogP contribution in [0.3, 0.4) is 0 Å². The van der Waals surface area contributed by atoms with Gasteiger partial charge in [-0.15, -0.1) is 0 Å². The second-order valence-corrected chi connectivity index (χ2v) is 7.00. The number of aliphatic carboxylic acids is 1. The normalized spacial score (nSPS) is 12.8. The lowest BCUT2D eigenvalue weighted by Gasteiger charge is -2.18. The molecule has 0 aliphatic heterocycles. The fraction of sp³-hybridized carbons (Fsp3) is 0.188. The van der Waals surface area contributed by atoms with E-state index in [1.165, 1.54) is 24.3 Å². The Morgan fingerprint density at radius 2 is 1.64 bits per heavy atom. The molecule has 5 nitrogen and oxygen atoms in total. The summed E-state index contributed by atoms with van der Waals surface area (Å²) in [5.41, 5.74) is -0.332. The van der Waals surface area contributed by atoms with Gasteiger partial charge in [0.2, 0.25) is 10.0 Å². The van der Waals surface area contributed by atoms with E-state index in [0.29, 0.717) is 12.1 Å². The van der Waals surface area contributed by atoms with Crippen molar-refractivity contribution in [3.63, 3.8) is 0 Å². The topological polar surface area (TPSA) is 83.5 Å². The third-order valence-corrected chi connectivity index (χ3v) is 4.89. The Labute approximate surface area is 142 Å². The first-order valence-electron chi connectivity index (χ1n) is 7.11. The summed E-state index contributed by atoms with van der Waals surface area (Å²) in [4.78, 5) is 10.9. The van der Waals surface area contributed by atoms with Crippen molar-refractivity contribution in [2.24, 2.45) is 0 Å². The summed E-state index contributed by atoms with van der Waals surface area (Å²) in [5.74, 6) is -5.12. The maximum Gasteiger partial charge on any atom is 0.304 e. The van der Waals surface area contributed by atoms with E-state index in [1.54, 1.807) is 6.07 Å². The maximum atomic E-state index is 13.8. The van der Waals surface area contributed by atoms with E-state index < -0.39 is 52.3 Å². The second kappa shape index (κ2) is 7.66. The summed E-state index contributed by atoms with van der Waals surface area (Å²) in [6.45, 7) is 0. The van der Waals surface area contributed by atoms with Crippen LogP contribution >= 0.6 is 0 Å². The van der Waals surface area contributed by atoms with E-state index in [9.17, 15) is 26.4 Å². The lowest BCUT2D eigenvalue weighted by Crippen LogP contribution is -2.38. The number of carboxylic acids is 1. The molecule has 0 bridgehead atoms. The van der Waals surface area contributed by atoms with Gasteiger partial charge in [0.1, 0.15) is 5.82 Å². The number of benzene rings is 2. The molecule has 0 aromatic heterocycles. The van der Waals surface area contributed by atoms with Gasteiger partial charge in [-0.25, -0.2) is 26.3 Å². The van der Waals surface area contributed by atoms with Crippen LogP contribution in [-0.4, -0.2) is 25.5 Å². The maximum absolute atomic E-state index is 13.8. The minimum Gasteiger partial charge on any atom is -0.481 e. The number of carbonyl (C=O) groups is 1. The van der Waals surface area contributed by atoms with Gasteiger partial charge in [-0.3, -0.25) is 4.79 Å². The Kier molecular flexibility index (Phi) is 5.81. The lowest BCUT2D eigenvalue weighted by atomic mass is 10.0. The minimum absolute atomic E-state index is 0.101. The van der Waals surface area contributed by atoms with E-state index in [2.05, 4.69) is 4.72 Å². The highest BCUT2D eigenvalue weighted by atomic mass is 32.2. The fourth-order valence-corrected chi connectivity index (χ4v) is 3.50. The smallest absolute Gasteiger partial charge is 0.304 e. The highest BCUT2D eigenvalue weighted by Gasteiger charge is 2.24. The van der Waals surface area contributed by atoms with Crippen LogP contribution in [0.15, 0.2) is 47.4 Å². The molecule has 2 N–H and O–H groups in total. The van der Waals surface area contributed by atoms with Gasteiger partial charge in [0.25, 0.3) is 0 Å². The van der Waals surface area contributed by atoms with Crippen molar-refractivity contribution >= 4 is 16.0 Å². The first-order chi connectivity index (χ1) is 11.7. The zero-order valence-electron chi connectivity index (χ0n) is 12.7. The van der Waals surface area contributed by atoms with Crippen LogP contribution in [0.25, 0.3) is 0 Å². The molecule has 9 heteroatoms. The fourth-order valence-electron chi connectivity index (χ4n) is 2.24. The molecule has 0 spiro atoms. The summed E-state index contributed by atoms with van der Waals surface area (Å²) >= 11 is 0. The summed E-state index contributed by atoms with van der Waals surface area (Å²) < 4.78 is 66.7. The lowest BCUT2D eigenvalue weighted by molar-refractivity contribution is -0.137. The number of hydrogen-bond acceptors (Lipinski definition) is 3. The molecular weight excluding hydrogens is 359 g/mol. The van der Waals surface area contributed by atoms with E-state index in [4.69, 9.17) is 5.11 Å². The van der Waals surface area contributed by atoms with Crippen LogP contribution in [0.4, 0.5) is 13.2 Å². The summed E-state index contributed by atoms with van der Waals surface area (Å²) in [5, 5.41) is 8.93. The molecular formula is C16H14F3NO4S. The van der Waals surface area contributed by atoms with Crippen molar-refractivity contribution in [2.75, 3.05) is 0 Å². The molecule has 0 saturated heterocycles. The van der Waals surface area contributed by atoms with Gasteiger partial charge < -0.3 is 5.11 Å². The average Bonchev–Trinajstić information content (AvgIpc) is 2.52. The van der Waals surface area contributed by atoms with Crippen LogP contribution in [0.5, 0.6) is 0 Å². The quantitative estimate of drug-likeness (QED) is 0.731. The Balaban J connectivity index is 2.28. The van der Waals surface area contributed by atoms with E-state index in [0.717, 1.165) is 0 Å². The third-order valence-electron chi connectivity index (χ3n) is 3.35. The second-order valence-electron chi connectivity index (χ2n) is 5.29. The van der Waals surface area contributed by atoms with Crippen LogP contribution in [0.1, 0.15) is 12.0 Å². The van der Waals surface area contributed by atoms with Crippen molar-refractivity contribution in [2.45, 2.75) is 23.8 Å². The molecule has 2 rings (SSSR count). The zero-order chi connectivity index (χ0) is 18.6. The van der Waals surface area contributed by atoms with Crippen molar-refractivity contribution in [3.8, 4) is 0 Å². The molecule has 0 aliphatic rings. The standard InChI is InChI=1S/C16H14F3NO4S/c17-13-9-15(19)14(18)7-10(13)6-11(8-16(21)22)20-25(23,24)12-4-2-1-3-5-12/h1-5,7,9,11,20H,6,8H2,(H,21,22)/t11-/m1/s1. The van der Waals surface area contributed by atoms with Gasteiger partial charge in [0.15, 0.2) is 11.6 Å². The summed E-state index contributed by atoms with van der Waals surface area (Å²) in [6.07, 6.45) is -1.12. The Hall–Kier alpha value is -2.39. The highest BCUT2D eigenvalue weighted by Crippen LogP contribution is 2.18. The summed E-state index contributed by atoms with van der Waals surface area (Å²) in [6, 6.07) is 6.83. The van der Waals surface area contributed by atoms with E-state index in [-0.39, 0.29) is 10.5 Å². The molecule has 0 aliphatic carbocycles. The number of sulfonamides is 1. The highest BCUT2D eigenvalue weighted by molar-refractivity contribution is 7.89. The molecule has 0 amide bonds. The van der Waals surface area contributed by atoms with Gasteiger partial charge >= 0.3 is 5.97 Å². The zero-order valence-corrected chi connectivity index (χ0v) is 13.6. The van der Waals surface area contributed by atoms with Gasteiger partial charge in [-0.05, 0) is 30.2 Å². The molecule has 0 saturated carbocycles. The molecule has 0 radical (unpaired) electrons. The van der Waals surface area contributed by atoms with Gasteiger partial charge in [-0.2, -0.15) is 0 Å². The summed E-state index contributed by atoms with van der Waals surface area (Å²) in [7, 11) is -4.06. The van der Waals surface area contributed by atoms with Crippen LogP contribution in [0.2, 0.25) is 0 Å². The Morgan fingerprint density at radius 3 is 2.24 bits per heavy atom. The monoisotopic (exact) mass is 373 g/mol. The molecule has 0 unspecified atom stereocenters. The van der Waals surface area contributed by atoms with Crippen molar-refractivity contribution in [1.82, 2.24) is 4.72 Å². The largest absolute Gasteiger partial charge is 0.481 e. The average molecular weight is 373 g/mol. The molecule has 2 aromatic rings. The van der Waals surface area contributed by atoms with Crippen LogP contribution < -0.4 is 4.72 Å². The predicted molar refractivity (Wildman–Crippen MR) is 82.8 cm³/mol. The van der Waals surface area contributed by atoms with Crippen LogP contribution in [-0.2, 0) is 21.2 Å². The molecule has 25 heavy (non-hydrogen) atoms. The molecule has 1 atom stereocenters. The van der Waals surface area contributed by atoms with Crippen LogP contribution in [0, 0.1) is 17.5 Å². The van der Waals surface area contributed by atoms with E-state index in [1.807, 2.05) is 0 Å². The van der Waals surface area contributed by atoms with Gasteiger partial charge in [0.05, 0.1) is 11.3 Å². The minimum atomic E-state index is -4.06.